The van der Waals surface area contributed by atoms with Crippen LogP contribution < -0.4 is 15.4 Å². The average molecular weight is 596 g/mol. The molecule has 2 atom stereocenters. The van der Waals surface area contributed by atoms with E-state index in [0.29, 0.717) is 29.3 Å². The van der Waals surface area contributed by atoms with Crippen molar-refractivity contribution in [2.45, 2.75) is 38.8 Å². The first-order valence-corrected chi connectivity index (χ1v) is 15.7. The maximum absolute atomic E-state index is 14.1. The van der Waals surface area contributed by atoms with Gasteiger partial charge >= 0.3 is 0 Å². The molecule has 41 heavy (non-hydrogen) atoms. The van der Waals surface area contributed by atoms with Gasteiger partial charge in [0.15, 0.2) is 5.65 Å². The first-order chi connectivity index (χ1) is 19.5. The molecule has 1 aliphatic rings. The molecule has 1 amide bonds. The summed E-state index contributed by atoms with van der Waals surface area (Å²) in [6.45, 7) is 5.89. The molecule has 0 unspecified atom stereocenters. The summed E-state index contributed by atoms with van der Waals surface area (Å²) in [5.41, 5.74) is 9.85. The lowest BCUT2D eigenvalue weighted by molar-refractivity contribution is 0.0690. The Morgan fingerprint density at radius 1 is 1.22 bits per heavy atom. The largest absolute Gasteiger partial charge is 0.355 e. The van der Waals surface area contributed by atoms with Crippen LogP contribution >= 0.6 is 11.6 Å². The quantitative estimate of drug-likeness (QED) is 0.299. The van der Waals surface area contributed by atoms with Crippen molar-refractivity contribution < 1.29 is 13.2 Å². The van der Waals surface area contributed by atoms with Crippen molar-refractivity contribution in [2.24, 2.45) is 5.73 Å². The first-order valence-electron chi connectivity index (χ1n) is 13.5. The standard InChI is InChI=1S/C29H34ClN7O3S/c1-19-17-37-27(32-28(19)35-13-12-23(31)18-35)16-26(33-37)20(2)36(14-11-21-7-5-4-6-8-21)29(38)24-15-22(30)9-10-25(24)34-41(3,39)40/h4-10,15-17,20,23,34H,11-14,18,31H2,1-3H3/t20-,23-/m0/s1. The third-order valence-electron chi connectivity index (χ3n) is 7.30. The molecule has 2 aromatic heterocycles. The fourth-order valence-corrected chi connectivity index (χ4v) is 5.93. The Balaban J connectivity index is 1.51. The van der Waals surface area contributed by atoms with E-state index in [1.807, 2.05) is 56.4 Å². The third kappa shape index (κ3) is 6.64. The zero-order valence-corrected chi connectivity index (χ0v) is 24.9. The topological polar surface area (TPSA) is 126 Å². The highest BCUT2D eigenvalue weighted by molar-refractivity contribution is 7.92. The summed E-state index contributed by atoms with van der Waals surface area (Å²) in [5, 5.41) is 5.11. The molecule has 1 aliphatic heterocycles. The van der Waals surface area contributed by atoms with E-state index < -0.39 is 16.1 Å². The molecule has 0 radical (unpaired) electrons. The lowest BCUT2D eigenvalue weighted by Crippen LogP contribution is -2.36. The van der Waals surface area contributed by atoms with E-state index in [1.54, 1.807) is 15.5 Å². The van der Waals surface area contributed by atoms with Gasteiger partial charge in [0, 0.05) is 48.5 Å². The number of anilines is 2. The number of nitrogens with two attached hydrogens (primary N) is 1. The van der Waals surface area contributed by atoms with Gasteiger partial charge in [-0.05, 0) is 50.5 Å². The van der Waals surface area contributed by atoms with E-state index >= 15 is 0 Å². The van der Waals surface area contributed by atoms with Crippen LogP contribution in [0.4, 0.5) is 11.5 Å². The second-order valence-electron chi connectivity index (χ2n) is 10.6. The monoisotopic (exact) mass is 595 g/mol. The molecule has 2 aromatic carbocycles. The molecule has 1 saturated heterocycles. The molecule has 10 nitrogen and oxygen atoms in total. The van der Waals surface area contributed by atoms with Crippen LogP contribution in [-0.4, -0.2) is 65.8 Å². The van der Waals surface area contributed by atoms with Gasteiger partial charge in [0.2, 0.25) is 10.0 Å². The van der Waals surface area contributed by atoms with Crippen molar-refractivity contribution in [3.8, 4) is 0 Å². The molecular weight excluding hydrogens is 562 g/mol. The molecule has 4 aromatic rings. The number of aromatic nitrogens is 3. The van der Waals surface area contributed by atoms with E-state index in [4.69, 9.17) is 27.4 Å². The minimum atomic E-state index is -3.64. The highest BCUT2D eigenvalue weighted by atomic mass is 35.5. The van der Waals surface area contributed by atoms with Crippen molar-refractivity contribution in [2.75, 3.05) is 35.5 Å². The number of nitrogens with one attached hydrogen (secondary N) is 1. The second-order valence-corrected chi connectivity index (χ2v) is 12.8. The maximum Gasteiger partial charge on any atom is 0.256 e. The van der Waals surface area contributed by atoms with Crippen molar-refractivity contribution in [1.29, 1.82) is 0 Å². The Morgan fingerprint density at radius 2 is 1.98 bits per heavy atom. The number of hydrogen-bond donors (Lipinski definition) is 2. The van der Waals surface area contributed by atoms with Gasteiger partial charge in [-0.15, -0.1) is 0 Å². The van der Waals surface area contributed by atoms with Gasteiger partial charge in [-0.25, -0.2) is 17.9 Å². The molecule has 0 saturated carbocycles. The van der Waals surface area contributed by atoms with Crippen LogP contribution in [0.25, 0.3) is 5.65 Å². The lowest BCUT2D eigenvalue weighted by atomic mass is 10.1. The first kappa shape index (κ1) is 28.8. The van der Waals surface area contributed by atoms with Gasteiger partial charge in [0.1, 0.15) is 5.82 Å². The number of rotatable bonds is 9. The zero-order chi connectivity index (χ0) is 29.3. The number of fused-ring (bicyclic) bond motifs is 1. The lowest BCUT2D eigenvalue weighted by Gasteiger charge is -2.29. The van der Waals surface area contributed by atoms with E-state index in [9.17, 15) is 13.2 Å². The van der Waals surface area contributed by atoms with E-state index in [2.05, 4.69) is 9.62 Å². The number of sulfonamides is 1. The van der Waals surface area contributed by atoms with Crippen LogP contribution in [0.1, 0.15) is 46.6 Å². The molecule has 0 bridgehead atoms. The number of nitrogens with zero attached hydrogens (tertiary/aromatic N) is 5. The highest BCUT2D eigenvalue weighted by Gasteiger charge is 2.28. The number of amides is 1. The number of halogens is 1. The highest BCUT2D eigenvalue weighted by Crippen LogP contribution is 2.29. The Bertz CT molecular complexity index is 1680. The van der Waals surface area contributed by atoms with Crippen LogP contribution in [-0.2, 0) is 16.4 Å². The molecule has 1 fully saturated rings. The Kier molecular flexibility index (Phi) is 8.21. The summed E-state index contributed by atoms with van der Waals surface area (Å²) in [7, 11) is -3.64. The van der Waals surface area contributed by atoms with Gasteiger partial charge in [-0.1, -0.05) is 41.9 Å². The van der Waals surface area contributed by atoms with Crippen LogP contribution in [0.15, 0.2) is 60.8 Å². The fraction of sp³-hybridized carbons (Fsp3) is 0.345. The number of hydrogen-bond acceptors (Lipinski definition) is 7. The number of aryl methyl sites for hydroxylation is 1. The van der Waals surface area contributed by atoms with E-state index in [1.165, 1.54) is 12.1 Å². The van der Waals surface area contributed by atoms with E-state index in [0.717, 1.165) is 42.7 Å². The van der Waals surface area contributed by atoms with E-state index in [-0.39, 0.29) is 23.2 Å². The summed E-state index contributed by atoms with van der Waals surface area (Å²) in [6, 6.07) is 16.0. The maximum atomic E-state index is 14.1. The molecule has 216 valence electrons. The minimum absolute atomic E-state index is 0.130. The minimum Gasteiger partial charge on any atom is -0.355 e. The number of benzene rings is 2. The summed E-state index contributed by atoms with van der Waals surface area (Å²) in [6.07, 6.45) is 4.50. The molecule has 3 N–H and O–H groups in total. The average Bonchev–Trinajstić information content (AvgIpc) is 3.54. The Morgan fingerprint density at radius 3 is 2.66 bits per heavy atom. The van der Waals surface area contributed by atoms with Crippen molar-refractivity contribution >= 4 is 44.7 Å². The second kappa shape index (κ2) is 11.7. The Labute approximate surface area is 245 Å². The smallest absolute Gasteiger partial charge is 0.256 e. The molecule has 12 heteroatoms. The summed E-state index contributed by atoms with van der Waals surface area (Å²) < 4.78 is 28.3. The van der Waals surface area contributed by atoms with Crippen molar-refractivity contribution in [1.82, 2.24) is 19.5 Å². The molecule has 0 aliphatic carbocycles. The SMILES string of the molecule is Cc1cn2nc([C@H](C)N(CCc3ccccc3)C(=O)c3cc(Cl)ccc3NS(C)(=O)=O)cc2nc1N1CC[C@H](N)C1. The van der Waals surface area contributed by atoms with Crippen LogP contribution in [0.5, 0.6) is 0 Å². The fourth-order valence-electron chi connectivity index (χ4n) is 5.19. The molecular formula is C29H34ClN7O3S. The third-order valence-corrected chi connectivity index (χ3v) is 8.12. The number of carbonyl (C=O) groups excluding carboxylic acids is 1. The van der Waals surface area contributed by atoms with Crippen molar-refractivity contribution in [3.05, 3.63) is 88.2 Å². The summed E-state index contributed by atoms with van der Waals surface area (Å²) in [5.74, 6) is 0.520. The predicted molar refractivity (Wildman–Crippen MR) is 162 cm³/mol. The molecule has 5 rings (SSSR count). The molecule has 3 heterocycles. The van der Waals surface area contributed by atoms with Gasteiger partial charge in [-0.2, -0.15) is 5.10 Å². The van der Waals surface area contributed by atoms with Crippen LogP contribution in [0, 0.1) is 6.92 Å². The predicted octanol–water partition coefficient (Wildman–Crippen LogP) is 4.05. The number of carbonyl (C=O) groups is 1. The van der Waals surface area contributed by atoms with Gasteiger partial charge in [-0.3, -0.25) is 9.52 Å². The van der Waals surface area contributed by atoms with Crippen molar-refractivity contribution in [3.63, 3.8) is 0 Å². The van der Waals surface area contributed by atoms with Gasteiger partial charge in [0.25, 0.3) is 5.91 Å². The molecule has 0 spiro atoms. The van der Waals surface area contributed by atoms with Crippen LogP contribution in [0.2, 0.25) is 5.02 Å². The van der Waals surface area contributed by atoms with Gasteiger partial charge in [0.05, 0.1) is 29.2 Å². The Hall–Kier alpha value is -3.67. The van der Waals surface area contributed by atoms with Crippen LogP contribution in [0.3, 0.4) is 0 Å². The normalized spacial score (nSPS) is 16.2. The van der Waals surface area contributed by atoms with Gasteiger partial charge < -0.3 is 15.5 Å². The summed E-state index contributed by atoms with van der Waals surface area (Å²) in [4.78, 5) is 22.9. The summed E-state index contributed by atoms with van der Waals surface area (Å²) >= 11 is 6.27. The zero-order valence-electron chi connectivity index (χ0n) is 23.3.